The largest absolute Gasteiger partial charge is 0.338 e. The van der Waals surface area contributed by atoms with Crippen molar-refractivity contribution in [1.82, 2.24) is 15.1 Å². The Morgan fingerprint density at radius 1 is 1.22 bits per heavy atom. The van der Waals surface area contributed by atoms with Crippen LogP contribution in [-0.2, 0) is 0 Å². The van der Waals surface area contributed by atoms with E-state index in [1.807, 2.05) is 11.8 Å². The summed E-state index contributed by atoms with van der Waals surface area (Å²) in [6, 6.07) is 4.41. The maximum atomic E-state index is 13.3. The second-order valence-electron chi connectivity index (χ2n) is 5.88. The van der Waals surface area contributed by atoms with Gasteiger partial charge in [0.15, 0.2) is 5.78 Å². The van der Waals surface area contributed by atoms with Gasteiger partial charge in [0.05, 0.1) is 6.54 Å². The zero-order valence-corrected chi connectivity index (χ0v) is 13.8. The second-order valence-corrected chi connectivity index (χ2v) is 5.88. The molecule has 0 bridgehead atoms. The molecule has 1 fully saturated rings. The van der Waals surface area contributed by atoms with E-state index in [0.717, 1.165) is 6.42 Å². The molecule has 2 amide bonds. The number of hydrogen-bond donors (Lipinski definition) is 1. The topological polar surface area (TPSA) is 52.7 Å². The van der Waals surface area contributed by atoms with Crippen molar-refractivity contribution in [3.8, 4) is 0 Å². The zero-order valence-electron chi connectivity index (χ0n) is 13.8. The summed E-state index contributed by atoms with van der Waals surface area (Å²) in [5, 5.41) is 2.86. The molecule has 1 aliphatic heterocycles. The van der Waals surface area contributed by atoms with Crippen molar-refractivity contribution in [3.05, 3.63) is 35.1 Å². The van der Waals surface area contributed by atoms with E-state index in [-0.39, 0.29) is 17.6 Å². The molecule has 0 radical (unpaired) electrons. The fourth-order valence-electron chi connectivity index (χ4n) is 2.57. The van der Waals surface area contributed by atoms with Crippen molar-refractivity contribution < 1.29 is 14.0 Å². The molecule has 0 aromatic heterocycles. The number of carbonyl (C=O) groups excluding carboxylic acids is 2. The Morgan fingerprint density at radius 2 is 1.91 bits per heavy atom. The van der Waals surface area contributed by atoms with Crippen LogP contribution in [0.2, 0.25) is 0 Å². The van der Waals surface area contributed by atoms with E-state index in [2.05, 4.69) is 5.32 Å². The third kappa shape index (κ3) is 4.76. The van der Waals surface area contributed by atoms with Crippen molar-refractivity contribution in [3.63, 3.8) is 0 Å². The lowest BCUT2D eigenvalue weighted by atomic mass is 10.1. The number of urea groups is 1. The number of carbonyl (C=O) groups is 2. The first kappa shape index (κ1) is 17.4. The highest BCUT2D eigenvalue weighted by atomic mass is 19.1. The molecule has 1 aromatic carbocycles. The summed E-state index contributed by atoms with van der Waals surface area (Å²) in [6.07, 6.45) is 0.914. The van der Waals surface area contributed by atoms with E-state index >= 15 is 0 Å². The predicted molar refractivity (Wildman–Crippen MR) is 87.2 cm³/mol. The van der Waals surface area contributed by atoms with E-state index in [0.29, 0.717) is 50.4 Å². The molecule has 126 valence electrons. The average molecular weight is 321 g/mol. The summed E-state index contributed by atoms with van der Waals surface area (Å²) in [7, 11) is 0. The number of nitrogens with zero attached hydrogens (tertiary/aromatic N) is 2. The van der Waals surface area contributed by atoms with Gasteiger partial charge in [0, 0.05) is 38.3 Å². The second kappa shape index (κ2) is 8.06. The quantitative estimate of drug-likeness (QED) is 0.845. The predicted octanol–water partition coefficient (Wildman–Crippen LogP) is 2.05. The number of halogens is 1. The van der Waals surface area contributed by atoms with Gasteiger partial charge in [-0.1, -0.05) is 6.92 Å². The number of Topliss-reactive ketones (excluding diaryl/α,β-unsaturated/α-hetero) is 1. The minimum absolute atomic E-state index is 0.0167. The molecule has 5 nitrogen and oxygen atoms in total. The lowest BCUT2D eigenvalue weighted by molar-refractivity contribution is 0.0878. The fourth-order valence-corrected chi connectivity index (χ4v) is 2.57. The molecule has 0 atom stereocenters. The van der Waals surface area contributed by atoms with Crippen LogP contribution in [0.5, 0.6) is 0 Å². The lowest BCUT2D eigenvalue weighted by Crippen LogP contribution is -2.52. The molecule has 23 heavy (non-hydrogen) atoms. The van der Waals surface area contributed by atoms with Crippen LogP contribution in [-0.4, -0.2) is 60.9 Å². The molecule has 1 heterocycles. The van der Waals surface area contributed by atoms with Crippen LogP contribution in [0, 0.1) is 12.7 Å². The van der Waals surface area contributed by atoms with Gasteiger partial charge in [-0.05, 0) is 37.1 Å². The molecule has 0 unspecified atom stereocenters. The Hall–Kier alpha value is -1.95. The number of aryl methyl sites for hydroxylation is 1. The number of amides is 2. The number of benzene rings is 1. The average Bonchev–Trinajstić information content (AvgIpc) is 2.55. The SMILES string of the molecule is CCCNC(=O)N1CCN(CC(=O)c2ccc(F)c(C)c2)CC1. The van der Waals surface area contributed by atoms with Gasteiger partial charge < -0.3 is 10.2 Å². The van der Waals surface area contributed by atoms with E-state index in [1.165, 1.54) is 12.1 Å². The van der Waals surface area contributed by atoms with Crippen molar-refractivity contribution in [2.75, 3.05) is 39.3 Å². The molecule has 1 aliphatic rings. The smallest absolute Gasteiger partial charge is 0.317 e. The Labute approximate surface area is 136 Å². The number of ketones is 1. The van der Waals surface area contributed by atoms with Gasteiger partial charge in [-0.25, -0.2) is 9.18 Å². The summed E-state index contributed by atoms with van der Waals surface area (Å²) >= 11 is 0. The molecule has 1 N–H and O–H groups in total. The highest BCUT2D eigenvalue weighted by Gasteiger charge is 2.22. The maximum absolute atomic E-state index is 13.3. The normalized spacial score (nSPS) is 15.5. The molecule has 6 heteroatoms. The Morgan fingerprint density at radius 3 is 2.52 bits per heavy atom. The molecule has 0 spiro atoms. The fraction of sp³-hybridized carbons (Fsp3) is 0.529. The number of nitrogens with one attached hydrogen (secondary N) is 1. The van der Waals surface area contributed by atoms with E-state index < -0.39 is 0 Å². The number of piperazine rings is 1. The van der Waals surface area contributed by atoms with Gasteiger partial charge in [-0.15, -0.1) is 0 Å². The van der Waals surface area contributed by atoms with Crippen LogP contribution in [0.15, 0.2) is 18.2 Å². The lowest BCUT2D eigenvalue weighted by Gasteiger charge is -2.34. The first-order valence-electron chi connectivity index (χ1n) is 8.05. The van der Waals surface area contributed by atoms with Crippen LogP contribution in [0.4, 0.5) is 9.18 Å². The van der Waals surface area contributed by atoms with Crippen LogP contribution >= 0.6 is 0 Å². The molecule has 0 aliphatic carbocycles. The standard InChI is InChI=1S/C17H24FN3O2/c1-3-6-19-17(23)21-9-7-20(8-10-21)12-16(22)14-4-5-15(18)13(2)11-14/h4-5,11H,3,6-10,12H2,1-2H3,(H,19,23). The van der Waals surface area contributed by atoms with Gasteiger partial charge in [-0.2, -0.15) is 0 Å². The van der Waals surface area contributed by atoms with Crippen LogP contribution in [0.1, 0.15) is 29.3 Å². The first-order chi connectivity index (χ1) is 11.0. The molecule has 1 saturated heterocycles. The summed E-state index contributed by atoms with van der Waals surface area (Å²) in [5.74, 6) is -0.315. The monoisotopic (exact) mass is 321 g/mol. The molecular weight excluding hydrogens is 297 g/mol. The Kier molecular flexibility index (Phi) is 6.10. The summed E-state index contributed by atoms with van der Waals surface area (Å²) in [6.45, 7) is 7.23. The Balaban J connectivity index is 1.82. The van der Waals surface area contributed by atoms with E-state index in [9.17, 15) is 14.0 Å². The number of rotatable bonds is 5. The summed E-state index contributed by atoms with van der Waals surface area (Å²) in [5.41, 5.74) is 1.01. The third-order valence-corrected chi connectivity index (χ3v) is 4.03. The van der Waals surface area contributed by atoms with Crippen molar-refractivity contribution in [2.45, 2.75) is 20.3 Å². The minimum Gasteiger partial charge on any atom is -0.338 e. The highest BCUT2D eigenvalue weighted by Crippen LogP contribution is 2.11. The van der Waals surface area contributed by atoms with Crippen molar-refractivity contribution in [2.24, 2.45) is 0 Å². The Bertz CT molecular complexity index is 569. The molecule has 0 saturated carbocycles. The highest BCUT2D eigenvalue weighted by molar-refractivity contribution is 5.97. The van der Waals surface area contributed by atoms with Gasteiger partial charge >= 0.3 is 6.03 Å². The summed E-state index contributed by atoms with van der Waals surface area (Å²) < 4.78 is 13.3. The van der Waals surface area contributed by atoms with Crippen molar-refractivity contribution >= 4 is 11.8 Å². The van der Waals surface area contributed by atoms with Gasteiger partial charge in [0.1, 0.15) is 5.82 Å². The van der Waals surface area contributed by atoms with Crippen LogP contribution < -0.4 is 5.32 Å². The third-order valence-electron chi connectivity index (χ3n) is 4.03. The zero-order chi connectivity index (χ0) is 16.8. The van der Waals surface area contributed by atoms with Crippen LogP contribution in [0.25, 0.3) is 0 Å². The van der Waals surface area contributed by atoms with E-state index in [4.69, 9.17) is 0 Å². The first-order valence-corrected chi connectivity index (χ1v) is 8.05. The molecule has 1 aromatic rings. The molecule has 2 rings (SSSR count). The van der Waals surface area contributed by atoms with Crippen LogP contribution in [0.3, 0.4) is 0 Å². The van der Waals surface area contributed by atoms with E-state index in [1.54, 1.807) is 17.9 Å². The summed E-state index contributed by atoms with van der Waals surface area (Å²) in [4.78, 5) is 28.0. The van der Waals surface area contributed by atoms with Crippen molar-refractivity contribution in [1.29, 1.82) is 0 Å². The van der Waals surface area contributed by atoms with Gasteiger partial charge in [-0.3, -0.25) is 9.69 Å². The number of hydrogen-bond acceptors (Lipinski definition) is 3. The van der Waals surface area contributed by atoms with Gasteiger partial charge in [0.25, 0.3) is 0 Å². The minimum atomic E-state index is -0.298. The molecular formula is C17H24FN3O2. The maximum Gasteiger partial charge on any atom is 0.317 e. The van der Waals surface area contributed by atoms with Gasteiger partial charge in [0.2, 0.25) is 0 Å².